The Kier molecular flexibility index (Phi) is 5.60. The molecule has 3 heterocycles. The van der Waals surface area contributed by atoms with Crippen LogP contribution in [0.2, 0.25) is 0 Å². The number of carboxylic acids is 1. The predicted molar refractivity (Wildman–Crippen MR) is 126 cm³/mol. The highest BCUT2D eigenvalue weighted by molar-refractivity contribution is 6.16. The third-order valence-corrected chi connectivity index (χ3v) is 6.41. The number of para-hydroxylation sites is 1. The van der Waals surface area contributed by atoms with Crippen molar-refractivity contribution in [3.8, 4) is 29.0 Å². The molecule has 0 unspecified atom stereocenters. The normalized spacial score (nSPS) is 18.0. The van der Waals surface area contributed by atoms with E-state index in [0.717, 1.165) is 17.7 Å². The van der Waals surface area contributed by atoms with Crippen molar-refractivity contribution in [2.45, 2.75) is 25.2 Å². The highest BCUT2D eigenvalue weighted by Crippen LogP contribution is 2.56. The lowest BCUT2D eigenvalue weighted by Crippen LogP contribution is -2.48. The van der Waals surface area contributed by atoms with Gasteiger partial charge in [-0.05, 0) is 36.8 Å². The topological polar surface area (TPSA) is 157 Å². The third-order valence-electron chi connectivity index (χ3n) is 6.41. The summed E-state index contributed by atoms with van der Waals surface area (Å²) in [6.07, 6.45) is 1.95. The second kappa shape index (κ2) is 8.78. The number of carbonyl (C=O) groups is 2. The number of benzene rings is 2. The highest BCUT2D eigenvalue weighted by atomic mass is 16.5. The summed E-state index contributed by atoms with van der Waals surface area (Å²) in [5.41, 5.74) is 6.35. The van der Waals surface area contributed by atoms with E-state index in [9.17, 15) is 20.0 Å². The quantitative estimate of drug-likeness (QED) is 0.480. The summed E-state index contributed by atoms with van der Waals surface area (Å²) in [4.78, 5) is 26.7. The SMILES string of the molecule is CCCCOc1ccc(-c2[nH]nc3c2[C@]2(C(=O)N(CC(=O)[O-])c4ccccc42)C(C#N)=C(N)O3)cc1. The average molecular weight is 484 g/mol. The number of nitrogens with two attached hydrogens (primary N) is 1. The fraction of sp³-hybridized carbons (Fsp3) is 0.231. The molecule has 2 aromatic carbocycles. The molecule has 10 nitrogen and oxygen atoms in total. The highest BCUT2D eigenvalue weighted by Gasteiger charge is 2.61. The molecule has 0 saturated heterocycles. The first kappa shape index (κ1) is 23.0. The van der Waals surface area contributed by atoms with Crippen LogP contribution in [0.5, 0.6) is 11.6 Å². The number of rotatable bonds is 7. The number of carboxylic acid groups (broad SMARTS) is 1. The number of aromatic amines is 1. The van der Waals surface area contributed by atoms with E-state index in [1.807, 2.05) is 6.07 Å². The number of nitriles is 1. The zero-order valence-corrected chi connectivity index (χ0v) is 19.4. The van der Waals surface area contributed by atoms with E-state index in [4.69, 9.17) is 15.2 Å². The number of ether oxygens (including phenoxy) is 2. The number of unbranched alkanes of at least 4 members (excludes halogenated alkanes) is 1. The van der Waals surface area contributed by atoms with Gasteiger partial charge in [-0.2, -0.15) is 5.26 Å². The Bertz CT molecular complexity index is 1440. The molecule has 0 bridgehead atoms. The van der Waals surface area contributed by atoms with Crippen LogP contribution >= 0.6 is 0 Å². The number of H-pyrrole nitrogens is 1. The number of hydrogen-bond acceptors (Lipinski definition) is 8. The van der Waals surface area contributed by atoms with Gasteiger partial charge in [-0.1, -0.05) is 31.5 Å². The van der Waals surface area contributed by atoms with Gasteiger partial charge in [0.05, 0.1) is 30.4 Å². The van der Waals surface area contributed by atoms with E-state index in [-0.39, 0.29) is 22.9 Å². The summed E-state index contributed by atoms with van der Waals surface area (Å²) in [6, 6.07) is 15.9. The molecule has 1 spiro atoms. The molecule has 3 N–H and O–H groups in total. The summed E-state index contributed by atoms with van der Waals surface area (Å²) in [5.74, 6) is -1.65. The smallest absolute Gasteiger partial charge is 0.248 e. The van der Waals surface area contributed by atoms with E-state index >= 15 is 0 Å². The molecule has 3 aromatic rings. The van der Waals surface area contributed by atoms with E-state index in [1.165, 1.54) is 0 Å². The zero-order valence-electron chi connectivity index (χ0n) is 19.4. The molecule has 10 heteroatoms. The molecule has 1 atom stereocenters. The van der Waals surface area contributed by atoms with Crippen LogP contribution in [-0.2, 0) is 15.0 Å². The molecule has 2 aliphatic rings. The molecular weight excluding hydrogens is 462 g/mol. The number of aromatic nitrogens is 2. The van der Waals surface area contributed by atoms with E-state index < -0.39 is 23.8 Å². The number of aliphatic carboxylic acids is 1. The van der Waals surface area contributed by atoms with Gasteiger partial charge in [0.2, 0.25) is 17.7 Å². The van der Waals surface area contributed by atoms with Crippen LogP contribution in [0.1, 0.15) is 30.9 Å². The lowest BCUT2D eigenvalue weighted by molar-refractivity contribution is -0.303. The number of amides is 1. The number of nitrogens with one attached hydrogen (secondary N) is 1. The van der Waals surface area contributed by atoms with E-state index in [0.29, 0.717) is 34.9 Å². The second-order valence-corrected chi connectivity index (χ2v) is 8.49. The minimum Gasteiger partial charge on any atom is -0.548 e. The molecule has 1 amide bonds. The monoisotopic (exact) mass is 484 g/mol. The molecule has 0 radical (unpaired) electrons. The number of hydrogen-bond donors (Lipinski definition) is 2. The average Bonchev–Trinajstić information content (AvgIpc) is 3.39. The van der Waals surface area contributed by atoms with Gasteiger partial charge in [-0.25, -0.2) is 0 Å². The van der Waals surface area contributed by atoms with Crippen LogP contribution in [0.4, 0.5) is 5.69 Å². The molecule has 5 rings (SSSR count). The Morgan fingerprint density at radius 1 is 1.28 bits per heavy atom. The molecule has 0 saturated carbocycles. The first-order valence-electron chi connectivity index (χ1n) is 11.4. The van der Waals surface area contributed by atoms with Crippen LogP contribution in [-0.4, -0.2) is 35.2 Å². The minimum absolute atomic E-state index is 0.0308. The van der Waals surface area contributed by atoms with Gasteiger partial charge in [-0.3, -0.25) is 9.89 Å². The predicted octanol–water partition coefficient (Wildman–Crippen LogP) is 1.72. The lowest BCUT2D eigenvalue weighted by atomic mass is 9.68. The van der Waals surface area contributed by atoms with Crippen molar-refractivity contribution >= 4 is 17.6 Å². The molecule has 1 aromatic heterocycles. The van der Waals surface area contributed by atoms with Gasteiger partial charge < -0.3 is 30.0 Å². The number of fused-ring (bicyclic) bond motifs is 4. The molecule has 36 heavy (non-hydrogen) atoms. The van der Waals surface area contributed by atoms with Crippen molar-refractivity contribution in [2.24, 2.45) is 5.73 Å². The van der Waals surface area contributed by atoms with Gasteiger partial charge >= 0.3 is 0 Å². The van der Waals surface area contributed by atoms with Crippen molar-refractivity contribution < 1.29 is 24.2 Å². The molecule has 0 aliphatic carbocycles. The maximum atomic E-state index is 14.1. The largest absolute Gasteiger partial charge is 0.548 e. The maximum Gasteiger partial charge on any atom is 0.248 e. The standard InChI is InChI=1S/C26H23N5O5/c1-2-3-12-35-16-10-8-15(9-11-16)22-21-24(30-29-22)36-23(28)18(13-27)26(21)17-6-4-5-7-19(17)31(25(26)34)14-20(32)33/h4-11H,2-3,12,14,28H2,1H3,(H,29,30)(H,32,33)/p-1/t26-/m1/s1. The van der Waals surface area contributed by atoms with Gasteiger partial charge in [-0.15, -0.1) is 5.10 Å². The van der Waals surface area contributed by atoms with Crippen LogP contribution < -0.4 is 25.2 Å². The Hall–Kier alpha value is -4.78. The summed E-state index contributed by atoms with van der Waals surface area (Å²) in [5, 5.41) is 28.9. The molecule has 0 fully saturated rings. The Morgan fingerprint density at radius 3 is 2.72 bits per heavy atom. The lowest BCUT2D eigenvalue weighted by Gasteiger charge is -2.33. The van der Waals surface area contributed by atoms with Crippen LogP contribution in [0, 0.1) is 11.3 Å². The van der Waals surface area contributed by atoms with Gasteiger partial charge in [0, 0.05) is 16.8 Å². The number of anilines is 1. The summed E-state index contributed by atoms with van der Waals surface area (Å²) in [7, 11) is 0. The first-order valence-corrected chi connectivity index (χ1v) is 11.4. The van der Waals surface area contributed by atoms with Crippen molar-refractivity contribution in [2.75, 3.05) is 18.1 Å². The summed E-state index contributed by atoms with van der Waals surface area (Å²) < 4.78 is 11.4. The maximum absolute atomic E-state index is 14.1. The molecule has 182 valence electrons. The van der Waals surface area contributed by atoms with E-state index in [2.05, 4.69) is 17.1 Å². The van der Waals surface area contributed by atoms with Crippen molar-refractivity contribution in [3.05, 3.63) is 71.1 Å². The number of nitrogens with zero attached hydrogens (tertiary/aromatic N) is 3. The van der Waals surface area contributed by atoms with Crippen LogP contribution in [0.25, 0.3) is 11.3 Å². The van der Waals surface area contributed by atoms with Crippen molar-refractivity contribution in [1.29, 1.82) is 5.26 Å². The van der Waals surface area contributed by atoms with Gasteiger partial charge in [0.15, 0.2) is 0 Å². The first-order chi connectivity index (χ1) is 17.4. The third kappa shape index (κ3) is 3.28. The Balaban J connectivity index is 1.71. The Labute approximate surface area is 206 Å². The number of carbonyl (C=O) groups excluding carboxylic acids is 2. The van der Waals surface area contributed by atoms with Gasteiger partial charge in [0.25, 0.3) is 0 Å². The fourth-order valence-electron chi connectivity index (χ4n) is 4.83. The van der Waals surface area contributed by atoms with Crippen molar-refractivity contribution in [3.63, 3.8) is 0 Å². The zero-order chi connectivity index (χ0) is 25.4. The molecule has 2 aliphatic heterocycles. The minimum atomic E-state index is -1.75. The second-order valence-electron chi connectivity index (χ2n) is 8.49. The summed E-state index contributed by atoms with van der Waals surface area (Å²) >= 11 is 0. The molecular formula is C26H22N5O5-. The fourth-order valence-corrected chi connectivity index (χ4v) is 4.83. The Morgan fingerprint density at radius 2 is 2.03 bits per heavy atom. The summed E-state index contributed by atoms with van der Waals surface area (Å²) in [6.45, 7) is 1.99. The van der Waals surface area contributed by atoms with Crippen LogP contribution in [0.3, 0.4) is 0 Å². The van der Waals surface area contributed by atoms with Crippen molar-refractivity contribution in [1.82, 2.24) is 10.2 Å². The van der Waals surface area contributed by atoms with Crippen LogP contribution in [0.15, 0.2) is 60.0 Å². The van der Waals surface area contributed by atoms with E-state index in [1.54, 1.807) is 48.5 Å². The van der Waals surface area contributed by atoms with Gasteiger partial charge in [0.1, 0.15) is 22.8 Å².